The van der Waals surface area contributed by atoms with Crippen LogP contribution in [-0.4, -0.2) is 39.4 Å². The first kappa shape index (κ1) is 17.3. The van der Waals surface area contributed by atoms with Gasteiger partial charge < -0.3 is 10.6 Å². The van der Waals surface area contributed by atoms with Crippen molar-refractivity contribution in [3.63, 3.8) is 0 Å². The van der Waals surface area contributed by atoms with Crippen LogP contribution in [-0.2, 0) is 4.79 Å². The number of fused-ring (bicyclic) bond motifs is 1. The molecular formula is C21H22N4O2. The van der Waals surface area contributed by atoms with E-state index < -0.39 is 0 Å². The van der Waals surface area contributed by atoms with Crippen LogP contribution in [0.25, 0.3) is 16.7 Å². The zero-order valence-electron chi connectivity index (χ0n) is 15.3. The first-order chi connectivity index (χ1) is 13.0. The second-order valence-corrected chi connectivity index (χ2v) is 7.00. The minimum Gasteiger partial charge on any atom is -0.369 e. The first-order valence-electron chi connectivity index (χ1n) is 9.17. The van der Waals surface area contributed by atoms with Crippen LogP contribution in [0.2, 0.25) is 0 Å². The Morgan fingerprint density at radius 2 is 1.78 bits per heavy atom. The third-order valence-corrected chi connectivity index (χ3v) is 5.27. The summed E-state index contributed by atoms with van der Waals surface area (Å²) >= 11 is 0. The molecule has 1 aliphatic rings. The summed E-state index contributed by atoms with van der Waals surface area (Å²) in [6.45, 7) is 3.08. The molecule has 3 aromatic rings. The lowest BCUT2D eigenvalue weighted by molar-refractivity contribution is -0.123. The molecule has 6 nitrogen and oxygen atoms in total. The maximum atomic E-state index is 12.9. The van der Waals surface area contributed by atoms with Gasteiger partial charge in [0.25, 0.3) is 5.91 Å². The van der Waals surface area contributed by atoms with Crippen LogP contribution in [0.1, 0.15) is 29.0 Å². The van der Waals surface area contributed by atoms with Gasteiger partial charge in [-0.1, -0.05) is 18.2 Å². The Hall–Kier alpha value is -3.15. The number of nitrogens with two attached hydrogens (primary N) is 1. The SMILES string of the molecule is Cc1nc2cc(C(=O)N3CCC(C(N)=O)CC3)ccc2n1-c1ccccc1. The van der Waals surface area contributed by atoms with E-state index in [1.165, 1.54) is 0 Å². The predicted octanol–water partition coefficient (Wildman–Crippen LogP) is 2.67. The smallest absolute Gasteiger partial charge is 0.253 e. The van der Waals surface area contributed by atoms with Gasteiger partial charge in [-0.3, -0.25) is 14.2 Å². The lowest BCUT2D eigenvalue weighted by atomic mass is 9.96. The molecule has 0 bridgehead atoms. The number of aromatic nitrogens is 2. The first-order valence-corrected chi connectivity index (χ1v) is 9.17. The maximum absolute atomic E-state index is 12.9. The summed E-state index contributed by atoms with van der Waals surface area (Å²) in [4.78, 5) is 30.6. The van der Waals surface area contributed by atoms with E-state index in [-0.39, 0.29) is 17.7 Å². The van der Waals surface area contributed by atoms with Crippen molar-refractivity contribution in [3.05, 3.63) is 59.9 Å². The van der Waals surface area contributed by atoms with Crippen molar-refractivity contribution in [2.75, 3.05) is 13.1 Å². The average molecular weight is 362 g/mol. The number of aryl methyl sites for hydroxylation is 1. The number of piperidine rings is 1. The van der Waals surface area contributed by atoms with Gasteiger partial charge in [0.1, 0.15) is 5.82 Å². The Bertz CT molecular complexity index is 1000. The highest BCUT2D eigenvalue weighted by Gasteiger charge is 2.26. The summed E-state index contributed by atoms with van der Waals surface area (Å²) in [5, 5.41) is 0. The Kier molecular flexibility index (Phi) is 4.39. The molecule has 27 heavy (non-hydrogen) atoms. The topological polar surface area (TPSA) is 81.2 Å². The second-order valence-electron chi connectivity index (χ2n) is 7.00. The molecule has 0 radical (unpaired) electrons. The third-order valence-electron chi connectivity index (χ3n) is 5.27. The van der Waals surface area contributed by atoms with E-state index in [4.69, 9.17) is 5.73 Å². The summed E-state index contributed by atoms with van der Waals surface area (Å²) in [6, 6.07) is 15.7. The number of amides is 2. The van der Waals surface area contributed by atoms with E-state index >= 15 is 0 Å². The number of para-hydroxylation sites is 1. The summed E-state index contributed by atoms with van der Waals surface area (Å²) < 4.78 is 2.09. The zero-order valence-corrected chi connectivity index (χ0v) is 15.3. The number of hydrogen-bond acceptors (Lipinski definition) is 3. The molecule has 0 aliphatic carbocycles. The number of imidazole rings is 1. The van der Waals surface area contributed by atoms with Gasteiger partial charge in [-0.15, -0.1) is 0 Å². The van der Waals surface area contributed by atoms with Crippen molar-refractivity contribution < 1.29 is 9.59 Å². The fourth-order valence-corrected chi connectivity index (χ4v) is 3.79. The lowest BCUT2D eigenvalue weighted by Gasteiger charge is -2.30. The standard InChI is InChI=1S/C21H22N4O2/c1-14-23-18-13-16(21(27)24-11-9-15(10-12-24)20(22)26)7-8-19(18)25(14)17-5-3-2-4-6-17/h2-8,13,15H,9-12H2,1H3,(H2,22,26). The van der Waals surface area contributed by atoms with Crippen LogP contribution in [0, 0.1) is 12.8 Å². The minimum atomic E-state index is -0.273. The minimum absolute atomic E-state index is 0.0215. The summed E-state index contributed by atoms with van der Waals surface area (Å²) in [7, 11) is 0. The van der Waals surface area contributed by atoms with Crippen LogP contribution in [0.15, 0.2) is 48.5 Å². The Balaban J connectivity index is 1.61. The van der Waals surface area contributed by atoms with Gasteiger partial charge in [0.2, 0.25) is 5.91 Å². The number of primary amides is 1. The van der Waals surface area contributed by atoms with Crippen molar-refractivity contribution >= 4 is 22.8 Å². The van der Waals surface area contributed by atoms with Gasteiger partial charge in [0.05, 0.1) is 11.0 Å². The van der Waals surface area contributed by atoms with Gasteiger partial charge in [0, 0.05) is 30.3 Å². The molecule has 0 spiro atoms. The molecule has 6 heteroatoms. The van der Waals surface area contributed by atoms with E-state index in [0.29, 0.717) is 31.5 Å². The monoisotopic (exact) mass is 362 g/mol. The number of carbonyl (C=O) groups is 2. The van der Waals surface area contributed by atoms with Crippen LogP contribution < -0.4 is 5.73 Å². The molecular weight excluding hydrogens is 340 g/mol. The number of carbonyl (C=O) groups excluding carboxylic acids is 2. The molecule has 2 heterocycles. The molecule has 1 fully saturated rings. The molecule has 2 N–H and O–H groups in total. The molecule has 2 aromatic carbocycles. The van der Waals surface area contributed by atoms with Crippen molar-refractivity contribution in [3.8, 4) is 5.69 Å². The van der Waals surface area contributed by atoms with Gasteiger partial charge >= 0.3 is 0 Å². The van der Waals surface area contributed by atoms with Gasteiger partial charge in [-0.05, 0) is 50.1 Å². The van der Waals surface area contributed by atoms with E-state index in [1.54, 1.807) is 4.90 Å². The predicted molar refractivity (Wildman–Crippen MR) is 104 cm³/mol. The fourth-order valence-electron chi connectivity index (χ4n) is 3.79. The van der Waals surface area contributed by atoms with E-state index in [2.05, 4.69) is 9.55 Å². The van der Waals surface area contributed by atoms with Gasteiger partial charge in [-0.25, -0.2) is 4.98 Å². The zero-order chi connectivity index (χ0) is 19.0. The van der Waals surface area contributed by atoms with Crippen LogP contribution in [0.4, 0.5) is 0 Å². The number of nitrogens with zero attached hydrogens (tertiary/aromatic N) is 3. The molecule has 1 aromatic heterocycles. The quantitative estimate of drug-likeness (QED) is 0.778. The highest BCUT2D eigenvalue weighted by molar-refractivity contribution is 5.97. The Morgan fingerprint density at radius 1 is 1.07 bits per heavy atom. The van der Waals surface area contributed by atoms with E-state index in [0.717, 1.165) is 22.5 Å². The molecule has 4 rings (SSSR count). The average Bonchev–Trinajstić information content (AvgIpc) is 3.03. The third kappa shape index (κ3) is 3.18. The van der Waals surface area contributed by atoms with Crippen LogP contribution in [0.3, 0.4) is 0 Å². The van der Waals surface area contributed by atoms with Crippen LogP contribution >= 0.6 is 0 Å². The molecule has 0 atom stereocenters. The molecule has 1 aliphatic heterocycles. The van der Waals surface area contributed by atoms with Crippen molar-refractivity contribution in [1.82, 2.24) is 14.5 Å². The Morgan fingerprint density at radius 3 is 2.44 bits per heavy atom. The highest BCUT2D eigenvalue weighted by atomic mass is 16.2. The largest absolute Gasteiger partial charge is 0.369 e. The van der Waals surface area contributed by atoms with Gasteiger partial charge in [-0.2, -0.15) is 0 Å². The molecule has 1 saturated heterocycles. The Labute approximate surface area is 157 Å². The number of likely N-dealkylation sites (tertiary alicyclic amines) is 1. The van der Waals surface area contributed by atoms with Crippen molar-refractivity contribution in [1.29, 1.82) is 0 Å². The van der Waals surface area contributed by atoms with E-state index in [9.17, 15) is 9.59 Å². The molecule has 0 saturated carbocycles. The number of hydrogen-bond donors (Lipinski definition) is 1. The second kappa shape index (κ2) is 6.87. The maximum Gasteiger partial charge on any atom is 0.253 e. The normalized spacial score (nSPS) is 15.2. The molecule has 0 unspecified atom stereocenters. The molecule has 2 amide bonds. The van der Waals surface area contributed by atoms with E-state index in [1.807, 2.05) is 55.5 Å². The number of rotatable bonds is 3. The highest BCUT2D eigenvalue weighted by Crippen LogP contribution is 2.24. The fraction of sp³-hybridized carbons (Fsp3) is 0.286. The number of benzene rings is 2. The van der Waals surface area contributed by atoms with Crippen molar-refractivity contribution in [2.45, 2.75) is 19.8 Å². The van der Waals surface area contributed by atoms with Crippen molar-refractivity contribution in [2.24, 2.45) is 11.7 Å². The summed E-state index contributed by atoms with van der Waals surface area (Å²) in [6.07, 6.45) is 1.26. The lowest BCUT2D eigenvalue weighted by Crippen LogP contribution is -2.41. The summed E-state index contributed by atoms with van der Waals surface area (Å²) in [5.74, 6) is 0.459. The summed E-state index contributed by atoms with van der Waals surface area (Å²) in [5.41, 5.74) is 8.82. The van der Waals surface area contributed by atoms with Gasteiger partial charge in [0.15, 0.2) is 0 Å². The van der Waals surface area contributed by atoms with Crippen LogP contribution in [0.5, 0.6) is 0 Å². The molecule has 138 valence electrons.